The fourth-order valence-electron chi connectivity index (χ4n) is 3.61. The normalized spacial score (nSPS) is 25.6. The second kappa shape index (κ2) is 7.82. The van der Waals surface area contributed by atoms with Gasteiger partial charge in [-0.05, 0) is 55.9 Å². The molecule has 2 fully saturated rings. The lowest BCUT2D eigenvalue weighted by Crippen LogP contribution is -2.46. The van der Waals surface area contributed by atoms with Crippen molar-refractivity contribution in [3.05, 3.63) is 35.9 Å². The Morgan fingerprint density at radius 1 is 1.17 bits per heavy atom. The summed E-state index contributed by atoms with van der Waals surface area (Å²) in [5.41, 5.74) is 1.28. The molecule has 2 aliphatic carbocycles. The van der Waals surface area contributed by atoms with E-state index in [2.05, 4.69) is 22.8 Å². The van der Waals surface area contributed by atoms with Gasteiger partial charge in [0.1, 0.15) is 0 Å². The zero-order valence-corrected chi connectivity index (χ0v) is 13.7. The summed E-state index contributed by atoms with van der Waals surface area (Å²) in [5.74, 6) is 1.04. The lowest BCUT2D eigenvalue weighted by Gasteiger charge is -2.26. The molecule has 23 heavy (non-hydrogen) atoms. The minimum atomic E-state index is -0.184. The van der Waals surface area contributed by atoms with Crippen LogP contribution < -0.4 is 10.6 Å². The van der Waals surface area contributed by atoms with Crippen LogP contribution in [0.5, 0.6) is 0 Å². The Balaban J connectivity index is 1.45. The highest BCUT2D eigenvalue weighted by Crippen LogP contribution is 2.34. The van der Waals surface area contributed by atoms with E-state index >= 15 is 0 Å². The van der Waals surface area contributed by atoms with Crippen molar-refractivity contribution >= 4 is 6.03 Å². The highest BCUT2D eigenvalue weighted by molar-refractivity contribution is 5.74. The first-order valence-electron chi connectivity index (χ1n) is 8.97. The smallest absolute Gasteiger partial charge is 0.315 e. The Morgan fingerprint density at radius 3 is 2.65 bits per heavy atom. The minimum absolute atomic E-state index is 0.0575. The van der Waals surface area contributed by atoms with Crippen LogP contribution in [0.2, 0.25) is 0 Å². The second-order valence-corrected chi connectivity index (χ2v) is 7.17. The fourth-order valence-corrected chi connectivity index (χ4v) is 3.61. The molecule has 4 heteroatoms. The molecule has 2 saturated carbocycles. The van der Waals surface area contributed by atoms with Crippen molar-refractivity contribution in [2.24, 2.45) is 11.8 Å². The standard InChI is InChI=1S/C19H28N2O2/c22-17-8-4-7-15(11-17)13-20-19(23)21-18(16-9-10-16)12-14-5-2-1-3-6-14/h1-3,5-6,15-18,22H,4,7-13H2,(H2,20,21,23). The number of amides is 2. The van der Waals surface area contributed by atoms with Crippen LogP contribution in [-0.4, -0.2) is 29.8 Å². The zero-order chi connectivity index (χ0) is 16.1. The number of hydrogen-bond acceptors (Lipinski definition) is 2. The number of benzene rings is 1. The first kappa shape index (κ1) is 16.3. The van der Waals surface area contributed by atoms with Crippen molar-refractivity contribution in [1.82, 2.24) is 10.6 Å². The zero-order valence-electron chi connectivity index (χ0n) is 13.7. The van der Waals surface area contributed by atoms with E-state index in [-0.39, 0.29) is 18.2 Å². The van der Waals surface area contributed by atoms with Gasteiger partial charge in [0, 0.05) is 12.6 Å². The maximum absolute atomic E-state index is 12.2. The molecule has 3 unspecified atom stereocenters. The summed E-state index contributed by atoms with van der Waals surface area (Å²) in [6.07, 6.45) is 7.04. The van der Waals surface area contributed by atoms with Gasteiger partial charge in [0.15, 0.2) is 0 Å². The van der Waals surface area contributed by atoms with E-state index in [4.69, 9.17) is 0 Å². The van der Waals surface area contributed by atoms with Crippen LogP contribution >= 0.6 is 0 Å². The van der Waals surface area contributed by atoms with Gasteiger partial charge in [-0.1, -0.05) is 36.8 Å². The SMILES string of the molecule is O=C(NCC1CCCC(O)C1)NC(Cc1ccccc1)C1CC1. The molecule has 2 amide bonds. The van der Waals surface area contributed by atoms with Crippen molar-refractivity contribution in [1.29, 1.82) is 0 Å². The van der Waals surface area contributed by atoms with Crippen LogP contribution in [0.3, 0.4) is 0 Å². The third-order valence-corrected chi connectivity index (χ3v) is 5.11. The van der Waals surface area contributed by atoms with Crippen LogP contribution in [0.1, 0.15) is 44.1 Å². The fraction of sp³-hybridized carbons (Fsp3) is 0.632. The Labute approximate surface area is 138 Å². The Bertz CT molecular complexity index is 501. The van der Waals surface area contributed by atoms with Crippen molar-refractivity contribution in [2.75, 3.05) is 6.54 Å². The number of aliphatic hydroxyl groups is 1. The third kappa shape index (κ3) is 5.24. The molecule has 3 rings (SSSR count). The van der Waals surface area contributed by atoms with Crippen LogP contribution in [-0.2, 0) is 6.42 Å². The van der Waals surface area contributed by atoms with Gasteiger partial charge in [-0.15, -0.1) is 0 Å². The van der Waals surface area contributed by atoms with E-state index in [1.807, 2.05) is 18.2 Å². The number of nitrogens with one attached hydrogen (secondary N) is 2. The second-order valence-electron chi connectivity index (χ2n) is 7.17. The highest BCUT2D eigenvalue weighted by Gasteiger charge is 2.32. The van der Waals surface area contributed by atoms with Crippen molar-refractivity contribution < 1.29 is 9.90 Å². The number of hydrogen-bond donors (Lipinski definition) is 3. The van der Waals surface area contributed by atoms with Gasteiger partial charge in [0.05, 0.1) is 6.10 Å². The number of carbonyl (C=O) groups excluding carboxylic acids is 1. The summed E-state index contributed by atoms with van der Waals surface area (Å²) in [6, 6.07) is 10.5. The summed E-state index contributed by atoms with van der Waals surface area (Å²) in [7, 11) is 0. The topological polar surface area (TPSA) is 61.4 Å². The van der Waals surface area contributed by atoms with Gasteiger partial charge in [-0.2, -0.15) is 0 Å². The molecule has 0 heterocycles. The van der Waals surface area contributed by atoms with E-state index in [1.54, 1.807) is 0 Å². The average Bonchev–Trinajstić information content (AvgIpc) is 3.38. The quantitative estimate of drug-likeness (QED) is 0.756. The van der Waals surface area contributed by atoms with Gasteiger partial charge < -0.3 is 15.7 Å². The number of rotatable bonds is 6. The largest absolute Gasteiger partial charge is 0.393 e. The minimum Gasteiger partial charge on any atom is -0.393 e. The van der Waals surface area contributed by atoms with Crippen molar-refractivity contribution in [2.45, 2.75) is 57.1 Å². The molecule has 2 aliphatic rings. The summed E-state index contributed by atoms with van der Waals surface area (Å²) >= 11 is 0. The number of urea groups is 1. The number of aliphatic hydroxyl groups excluding tert-OH is 1. The van der Waals surface area contributed by atoms with Gasteiger partial charge in [0.2, 0.25) is 0 Å². The highest BCUT2D eigenvalue weighted by atomic mass is 16.3. The van der Waals surface area contributed by atoms with Gasteiger partial charge in [0.25, 0.3) is 0 Å². The van der Waals surface area contributed by atoms with E-state index < -0.39 is 0 Å². The first-order chi connectivity index (χ1) is 11.2. The summed E-state index contributed by atoms with van der Waals surface area (Å²) in [6.45, 7) is 0.672. The number of carbonyl (C=O) groups is 1. The van der Waals surface area contributed by atoms with Gasteiger partial charge in [-0.3, -0.25) is 0 Å². The molecule has 126 valence electrons. The molecule has 4 nitrogen and oxygen atoms in total. The third-order valence-electron chi connectivity index (χ3n) is 5.11. The van der Waals surface area contributed by atoms with Crippen LogP contribution in [0, 0.1) is 11.8 Å². The van der Waals surface area contributed by atoms with Gasteiger partial charge in [-0.25, -0.2) is 4.79 Å². The molecular formula is C19H28N2O2. The molecule has 1 aromatic carbocycles. The molecule has 0 aliphatic heterocycles. The van der Waals surface area contributed by atoms with E-state index in [9.17, 15) is 9.90 Å². The Morgan fingerprint density at radius 2 is 1.96 bits per heavy atom. The van der Waals surface area contributed by atoms with E-state index in [1.165, 1.54) is 18.4 Å². The monoisotopic (exact) mass is 316 g/mol. The average molecular weight is 316 g/mol. The molecular weight excluding hydrogens is 288 g/mol. The maximum atomic E-state index is 12.2. The molecule has 0 aromatic heterocycles. The first-order valence-corrected chi connectivity index (χ1v) is 8.97. The van der Waals surface area contributed by atoms with E-state index in [0.29, 0.717) is 18.4 Å². The molecule has 0 saturated heterocycles. The summed E-state index contributed by atoms with van der Waals surface area (Å²) in [4.78, 5) is 12.2. The van der Waals surface area contributed by atoms with Crippen molar-refractivity contribution in [3.63, 3.8) is 0 Å². The molecule has 3 N–H and O–H groups in total. The summed E-state index contributed by atoms with van der Waals surface area (Å²) in [5, 5.41) is 15.9. The van der Waals surface area contributed by atoms with Crippen LogP contribution in [0.4, 0.5) is 4.79 Å². The van der Waals surface area contributed by atoms with E-state index in [0.717, 1.165) is 32.1 Å². The molecule has 0 radical (unpaired) electrons. The van der Waals surface area contributed by atoms with Gasteiger partial charge >= 0.3 is 6.03 Å². The molecule has 0 bridgehead atoms. The molecule has 0 spiro atoms. The van der Waals surface area contributed by atoms with Crippen molar-refractivity contribution in [3.8, 4) is 0 Å². The maximum Gasteiger partial charge on any atom is 0.315 e. The Hall–Kier alpha value is -1.55. The predicted molar refractivity (Wildman–Crippen MR) is 91.2 cm³/mol. The van der Waals surface area contributed by atoms with Crippen LogP contribution in [0.25, 0.3) is 0 Å². The van der Waals surface area contributed by atoms with Crippen LogP contribution in [0.15, 0.2) is 30.3 Å². The molecule has 1 aromatic rings. The predicted octanol–water partition coefficient (Wildman–Crippen LogP) is 2.86. The summed E-state index contributed by atoms with van der Waals surface area (Å²) < 4.78 is 0. The lowest BCUT2D eigenvalue weighted by atomic mass is 9.87. The lowest BCUT2D eigenvalue weighted by molar-refractivity contribution is 0.101. The Kier molecular flexibility index (Phi) is 5.55. The molecule has 3 atom stereocenters.